The topological polar surface area (TPSA) is 70.6 Å². The summed E-state index contributed by atoms with van der Waals surface area (Å²) in [6, 6.07) is 11.4. The molecule has 0 saturated carbocycles. The monoisotopic (exact) mass is 387 g/mol. The predicted molar refractivity (Wildman–Crippen MR) is 105 cm³/mol. The molecule has 1 fully saturated rings. The molecule has 0 aliphatic carbocycles. The van der Waals surface area contributed by atoms with E-state index in [4.69, 9.17) is 0 Å². The van der Waals surface area contributed by atoms with Gasteiger partial charge in [0.2, 0.25) is 0 Å². The van der Waals surface area contributed by atoms with E-state index in [1.165, 1.54) is 17.5 Å². The maximum atomic E-state index is 12.9. The number of sulfonamides is 1. The van der Waals surface area contributed by atoms with Crippen LogP contribution >= 0.6 is 0 Å². The first kappa shape index (κ1) is 19.4. The lowest BCUT2D eigenvalue weighted by Crippen LogP contribution is -2.42. The van der Waals surface area contributed by atoms with Crippen molar-refractivity contribution in [3.05, 3.63) is 54.4 Å². The molecule has 144 valence electrons. The number of amides is 1. The van der Waals surface area contributed by atoms with Crippen LogP contribution in [-0.4, -0.2) is 44.3 Å². The van der Waals surface area contributed by atoms with Crippen molar-refractivity contribution >= 4 is 21.6 Å². The second kappa shape index (κ2) is 7.68. The summed E-state index contributed by atoms with van der Waals surface area (Å²) < 4.78 is 26.8. The van der Waals surface area contributed by atoms with E-state index >= 15 is 0 Å². The van der Waals surface area contributed by atoms with Gasteiger partial charge in [-0.05, 0) is 42.5 Å². The Hall–Kier alpha value is -2.41. The van der Waals surface area contributed by atoms with Gasteiger partial charge in [-0.25, -0.2) is 8.42 Å². The average Bonchev–Trinajstić information content (AvgIpc) is 2.66. The van der Waals surface area contributed by atoms with Gasteiger partial charge in [-0.3, -0.25) is 14.1 Å². The van der Waals surface area contributed by atoms with E-state index in [2.05, 4.69) is 18.8 Å². The lowest BCUT2D eigenvalue weighted by Gasteiger charge is -2.34. The van der Waals surface area contributed by atoms with Crippen molar-refractivity contribution in [1.82, 2.24) is 9.88 Å². The van der Waals surface area contributed by atoms with E-state index in [1.54, 1.807) is 42.5 Å². The summed E-state index contributed by atoms with van der Waals surface area (Å²) in [5.41, 5.74) is 0.680. The number of anilines is 1. The molecule has 0 N–H and O–H groups in total. The summed E-state index contributed by atoms with van der Waals surface area (Å²) in [7, 11) is -2.21. The maximum absolute atomic E-state index is 12.9. The fourth-order valence-electron chi connectivity index (χ4n) is 3.61. The van der Waals surface area contributed by atoms with Crippen LogP contribution in [0.4, 0.5) is 5.69 Å². The van der Waals surface area contributed by atoms with Gasteiger partial charge in [0.25, 0.3) is 15.9 Å². The van der Waals surface area contributed by atoms with Crippen LogP contribution in [-0.2, 0) is 10.0 Å². The Bertz CT molecular complexity index is 905. The maximum Gasteiger partial charge on any atom is 0.272 e. The zero-order valence-corrected chi connectivity index (χ0v) is 16.7. The Morgan fingerprint density at radius 3 is 2.37 bits per heavy atom. The normalized spacial score (nSPS) is 20.3. The van der Waals surface area contributed by atoms with Crippen molar-refractivity contribution in [3.8, 4) is 0 Å². The smallest absolute Gasteiger partial charge is 0.272 e. The number of likely N-dealkylation sites (tertiary alicyclic amines) is 1. The molecule has 2 heterocycles. The molecule has 1 aliphatic rings. The lowest BCUT2D eigenvalue weighted by molar-refractivity contribution is 0.0617. The summed E-state index contributed by atoms with van der Waals surface area (Å²) in [4.78, 5) is 19.1. The highest BCUT2D eigenvalue weighted by Gasteiger charge is 2.28. The molecule has 2 aromatic rings. The van der Waals surface area contributed by atoms with Gasteiger partial charge in [0.05, 0.1) is 10.6 Å². The highest BCUT2D eigenvalue weighted by molar-refractivity contribution is 7.92. The Kier molecular flexibility index (Phi) is 5.51. The number of pyridine rings is 1. The Morgan fingerprint density at radius 1 is 1.11 bits per heavy atom. The number of hydrogen-bond donors (Lipinski definition) is 0. The van der Waals surface area contributed by atoms with Gasteiger partial charge in [-0.1, -0.05) is 32.0 Å². The molecule has 1 aliphatic heterocycles. The summed E-state index contributed by atoms with van der Waals surface area (Å²) >= 11 is 0. The zero-order chi connectivity index (χ0) is 19.6. The number of carbonyl (C=O) groups excluding carboxylic acids is 1. The Balaban J connectivity index is 1.86. The van der Waals surface area contributed by atoms with Crippen molar-refractivity contribution in [2.75, 3.05) is 24.4 Å². The quantitative estimate of drug-likeness (QED) is 0.809. The number of nitrogens with zero attached hydrogens (tertiary/aromatic N) is 3. The van der Waals surface area contributed by atoms with Crippen LogP contribution in [0.3, 0.4) is 0 Å². The molecule has 2 atom stereocenters. The molecular formula is C20H25N3O3S. The van der Waals surface area contributed by atoms with E-state index in [0.29, 0.717) is 30.6 Å². The minimum Gasteiger partial charge on any atom is -0.337 e. The lowest BCUT2D eigenvalue weighted by atomic mass is 9.92. The van der Waals surface area contributed by atoms with Crippen LogP contribution in [0.25, 0.3) is 0 Å². The van der Waals surface area contributed by atoms with E-state index in [-0.39, 0.29) is 16.5 Å². The van der Waals surface area contributed by atoms with Gasteiger partial charge in [-0.2, -0.15) is 0 Å². The van der Waals surface area contributed by atoms with Gasteiger partial charge < -0.3 is 4.90 Å². The van der Waals surface area contributed by atoms with Crippen molar-refractivity contribution in [2.24, 2.45) is 11.8 Å². The van der Waals surface area contributed by atoms with E-state index < -0.39 is 10.0 Å². The molecule has 7 heteroatoms. The molecule has 27 heavy (non-hydrogen) atoms. The molecule has 1 saturated heterocycles. The number of carbonyl (C=O) groups is 1. The standard InChI is InChI=1S/C20H25N3O3S/c1-15-11-16(2)14-23(13-15)20(24)19-12-17(9-10-21-19)22(3)27(25,26)18-7-5-4-6-8-18/h4-10,12,15-16H,11,13-14H2,1-3H3. The highest BCUT2D eigenvalue weighted by Crippen LogP contribution is 2.25. The third-order valence-electron chi connectivity index (χ3n) is 4.88. The summed E-state index contributed by atoms with van der Waals surface area (Å²) in [5, 5.41) is 0. The fraction of sp³-hybridized carbons (Fsp3) is 0.400. The minimum absolute atomic E-state index is 0.152. The van der Waals surface area contributed by atoms with Gasteiger partial charge in [0.15, 0.2) is 0 Å². The highest BCUT2D eigenvalue weighted by atomic mass is 32.2. The predicted octanol–water partition coefficient (Wildman–Crippen LogP) is 3.02. The summed E-state index contributed by atoms with van der Waals surface area (Å²) in [5.74, 6) is 0.741. The molecule has 0 radical (unpaired) electrons. The van der Waals surface area contributed by atoms with Crippen LogP contribution in [0.15, 0.2) is 53.6 Å². The van der Waals surface area contributed by atoms with Crippen LogP contribution in [0.1, 0.15) is 30.8 Å². The molecule has 1 amide bonds. The van der Waals surface area contributed by atoms with Crippen molar-refractivity contribution in [1.29, 1.82) is 0 Å². The second-order valence-corrected chi connectivity index (χ2v) is 9.31. The molecule has 2 unspecified atom stereocenters. The number of rotatable bonds is 4. The number of hydrogen-bond acceptors (Lipinski definition) is 4. The van der Waals surface area contributed by atoms with Gasteiger partial charge in [-0.15, -0.1) is 0 Å². The molecule has 0 bridgehead atoms. The first-order valence-electron chi connectivity index (χ1n) is 9.08. The van der Waals surface area contributed by atoms with Crippen LogP contribution in [0, 0.1) is 11.8 Å². The number of benzene rings is 1. The van der Waals surface area contributed by atoms with Crippen molar-refractivity contribution < 1.29 is 13.2 Å². The summed E-state index contributed by atoms with van der Waals surface area (Å²) in [6.07, 6.45) is 2.59. The molecule has 6 nitrogen and oxygen atoms in total. The Labute approximate surface area is 160 Å². The SMILES string of the molecule is CC1CC(C)CN(C(=O)c2cc(N(C)S(=O)(=O)c3ccccc3)ccn2)C1. The third-order valence-corrected chi connectivity index (χ3v) is 6.68. The third kappa shape index (κ3) is 4.13. The first-order chi connectivity index (χ1) is 12.8. The molecule has 1 aromatic heterocycles. The van der Waals surface area contributed by atoms with E-state index in [1.807, 2.05) is 4.90 Å². The first-order valence-corrected chi connectivity index (χ1v) is 10.5. The van der Waals surface area contributed by atoms with Crippen LogP contribution in [0.2, 0.25) is 0 Å². The van der Waals surface area contributed by atoms with E-state index in [0.717, 1.165) is 6.42 Å². The molecule has 0 spiro atoms. The number of aromatic nitrogens is 1. The van der Waals surface area contributed by atoms with Crippen molar-refractivity contribution in [3.63, 3.8) is 0 Å². The van der Waals surface area contributed by atoms with Crippen molar-refractivity contribution in [2.45, 2.75) is 25.2 Å². The van der Waals surface area contributed by atoms with Gasteiger partial charge >= 0.3 is 0 Å². The second-order valence-electron chi connectivity index (χ2n) is 7.34. The van der Waals surface area contributed by atoms with Gasteiger partial charge in [0, 0.05) is 26.3 Å². The molecular weight excluding hydrogens is 362 g/mol. The largest absolute Gasteiger partial charge is 0.337 e. The Morgan fingerprint density at radius 2 is 1.74 bits per heavy atom. The van der Waals surface area contributed by atoms with Crippen LogP contribution in [0.5, 0.6) is 0 Å². The molecule has 1 aromatic carbocycles. The van der Waals surface area contributed by atoms with Crippen LogP contribution < -0.4 is 4.31 Å². The summed E-state index contributed by atoms with van der Waals surface area (Å²) in [6.45, 7) is 5.68. The zero-order valence-electron chi connectivity index (χ0n) is 15.9. The molecule has 3 rings (SSSR count). The number of piperidine rings is 1. The average molecular weight is 388 g/mol. The van der Waals surface area contributed by atoms with Gasteiger partial charge in [0.1, 0.15) is 5.69 Å². The van der Waals surface area contributed by atoms with E-state index in [9.17, 15) is 13.2 Å². The fourth-order valence-corrected chi connectivity index (χ4v) is 4.82. The minimum atomic E-state index is -3.70.